The van der Waals surface area contributed by atoms with Crippen molar-refractivity contribution in [3.05, 3.63) is 0 Å². The van der Waals surface area contributed by atoms with Crippen molar-refractivity contribution in [2.75, 3.05) is 6.54 Å². The molecular formula is C8H17N3. The summed E-state index contributed by atoms with van der Waals surface area (Å²) in [6.07, 6.45) is 0.808. The number of nitriles is 1. The molecule has 0 aromatic heterocycles. The van der Waals surface area contributed by atoms with E-state index in [9.17, 15) is 0 Å². The van der Waals surface area contributed by atoms with E-state index in [1.165, 1.54) is 0 Å². The molecule has 0 saturated heterocycles. The summed E-state index contributed by atoms with van der Waals surface area (Å²) < 4.78 is 0. The van der Waals surface area contributed by atoms with E-state index in [0.717, 1.165) is 13.0 Å². The van der Waals surface area contributed by atoms with Crippen LogP contribution in [0.25, 0.3) is 0 Å². The molecular weight excluding hydrogens is 138 g/mol. The highest BCUT2D eigenvalue weighted by atomic mass is 15.0. The lowest BCUT2D eigenvalue weighted by Crippen LogP contribution is -2.48. The number of hydrogen-bond donors (Lipinski definition) is 2. The predicted octanol–water partition coefficient (Wildman–Crippen LogP) is 0.821. The summed E-state index contributed by atoms with van der Waals surface area (Å²) in [6, 6.07) is 2.16. The molecule has 0 amide bonds. The molecule has 11 heavy (non-hydrogen) atoms. The molecule has 0 fully saturated rings. The standard InChI is InChI=1S/C8H17N3/c1-4-5-11-7(10)8(2,3)6-9/h7,11H,4-5,10H2,1-3H3. The highest BCUT2D eigenvalue weighted by Crippen LogP contribution is 2.14. The Bertz CT molecular complexity index is 146. The molecule has 0 heterocycles. The van der Waals surface area contributed by atoms with Gasteiger partial charge in [-0.05, 0) is 26.8 Å². The van der Waals surface area contributed by atoms with Gasteiger partial charge < -0.3 is 11.1 Å². The lowest BCUT2D eigenvalue weighted by atomic mass is 9.92. The van der Waals surface area contributed by atoms with Crippen LogP contribution in [-0.2, 0) is 0 Å². The minimum absolute atomic E-state index is 0.229. The van der Waals surface area contributed by atoms with Gasteiger partial charge in [0.05, 0.1) is 17.6 Å². The van der Waals surface area contributed by atoms with Crippen LogP contribution in [0.4, 0.5) is 0 Å². The second kappa shape index (κ2) is 4.32. The van der Waals surface area contributed by atoms with Gasteiger partial charge in [0.1, 0.15) is 0 Å². The van der Waals surface area contributed by atoms with Crippen LogP contribution in [-0.4, -0.2) is 12.7 Å². The first-order chi connectivity index (χ1) is 5.04. The van der Waals surface area contributed by atoms with Crippen LogP contribution < -0.4 is 11.1 Å². The van der Waals surface area contributed by atoms with Gasteiger partial charge in [0.25, 0.3) is 0 Å². The molecule has 1 unspecified atom stereocenters. The quantitative estimate of drug-likeness (QED) is 0.591. The van der Waals surface area contributed by atoms with Gasteiger partial charge in [-0.15, -0.1) is 0 Å². The monoisotopic (exact) mass is 155 g/mol. The topological polar surface area (TPSA) is 61.8 Å². The maximum Gasteiger partial charge on any atom is 0.0799 e. The lowest BCUT2D eigenvalue weighted by molar-refractivity contribution is 0.326. The van der Waals surface area contributed by atoms with Crippen molar-refractivity contribution in [1.29, 1.82) is 5.26 Å². The molecule has 0 rings (SSSR count). The minimum atomic E-state index is -0.477. The van der Waals surface area contributed by atoms with Crippen molar-refractivity contribution in [2.45, 2.75) is 33.4 Å². The van der Waals surface area contributed by atoms with E-state index < -0.39 is 5.41 Å². The van der Waals surface area contributed by atoms with Crippen molar-refractivity contribution >= 4 is 0 Å². The molecule has 0 radical (unpaired) electrons. The Hall–Kier alpha value is -0.590. The Morgan fingerprint density at radius 1 is 1.64 bits per heavy atom. The van der Waals surface area contributed by atoms with Gasteiger partial charge in [-0.3, -0.25) is 0 Å². The Morgan fingerprint density at radius 3 is 2.55 bits per heavy atom. The van der Waals surface area contributed by atoms with Gasteiger partial charge >= 0.3 is 0 Å². The molecule has 3 nitrogen and oxygen atoms in total. The first-order valence-corrected chi connectivity index (χ1v) is 3.94. The fraction of sp³-hybridized carbons (Fsp3) is 0.875. The van der Waals surface area contributed by atoms with Crippen LogP contribution in [0.15, 0.2) is 0 Å². The normalized spacial score (nSPS) is 14.1. The highest BCUT2D eigenvalue weighted by molar-refractivity contribution is 4.97. The maximum absolute atomic E-state index is 8.69. The molecule has 0 aromatic carbocycles. The molecule has 0 aromatic rings. The Morgan fingerprint density at radius 2 is 2.18 bits per heavy atom. The number of nitrogens with zero attached hydrogens (tertiary/aromatic N) is 1. The van der Waals surface area contributed by atoms with E-state index in [1.54, 1.807) is 0 Å². The van der Waals surface area contributed by atoms with E-state index >= 15 is 0 Å². The number of rotatable bonds is 4. The predicted molar refractivity (Wildman–Crippen MR) is 45.7 cm³/mol. The van der Waals surface area contributed by atoms with Crippen LogP contribution in [0, 0.1) is 16.7 Å². The molecule has 0 aliphatic rings. The van der Waals surface area contributed by atoms with Crippen molar-refractivity contribution in [1.82, 2.24) is 5.32 Å². The maximum atomic E-state index is 8.69. The van der Waals surface area contributed by atoms with E-state index in [-0.39, 0.29) is 6.17 Å². The molecule has 64 valence electrons. The third kappa shape index (κ3) is 3.35. The molecule has 0 spiro atoms. The molecule has 3 heteroatoms. The Labute approximate surface area is 68.6 Å². The van der Waals surface area contributed by atoms with Crippen LogP contribution in [0.5, 0.6) is 0 Å². The summed E-state index contributed by atoms with van der Waals surface area (Å²) in [5.41, 5.74) is 5.24. The first kappa shape index (κ1) is 10.4. The van der Waals surface area contributed by atoms with Crippen LogP contribution in [0.1, 0.15) is 27.2 Å². The Kier molecular flexibility index (Phi) is 4.09. The van der Waals surface area contributed by atoms with Crippen LogP contribution in [0.2, 0.25) is 0 Å². The lowest BCUT2D eigenvalue weighted by Gasteiger charge is -2.24. The van der Waals surface area contributed by atoms with Crippen molar-refractivity contribution in [3.8, 4) is 6.07 Å². The van der Waals surface area contributed by atoms with Crippen molar-refractivity contribution in [3.63, 3.8) is 0 Å². The molecule has 3 N–H and O–H groups in total. The van der Waals surface area contributed by atoms with Gasteiger partial charge in [0, 0.05) is 0 Å². The van der Waals surface area contributed by atoms with Gasteiger partial charge in [-0.2, -0.15) is 5.26 Å². The zero-order valence-corrected chi connectivity index (χ0v) is 7.52. The number of hydrogen-bond acceptors (Lipinski definition) is 3. The van der Waals surface area contributed by atoms with E-state index in [0.29, 0.717) is 0 Å². The third-order valence-electron chi connectivity index (χ3n) is 1.68. The van der Waals surface area contributed by atoms with E-state index in [2.05, 4.69) is 18.3 Å². The average molecular weight is 155 g/mol. The fourth-order valence-corrected chi connectivity index (χ4v) is 0.625. The second-order valence-corrected chi connectivity index (χ2v) is 3.27. The molecule has 0 aliphatic carbocycles. The van der Waals surface area contributed by atoms with E-state index in [4.69, 9.17) is 11.0 Å². The average Bonchev–Trinajstić information content (AvgIpc) is 2.00. The van der Waals surface area contributed by atoms with Gasteiger partial charge in [-0.25, -0.2) is 0 Å². The molecule has 0 bridgehead atoms. The minimum Gasteiger partial charge on any atom is -0.315 e. The number of nitrogens with two attached hydrogens (primary N) is 1. The second-order valence-electron chi connectivity index (χ2n) is 3.27. The summed E-state index contributed by atoms with van der Waals surface area (Å²) in [5, 5.41) is 11.8. The van der Waals surface area contributed by atoms with E-state index in [1.807, 2.05) is 13.8 Å². The van der Waals surface area contributed by atoms with Crippen molar-refractivity contribution < 1.29 is 0 Å². The van der Waals surface area contributed by atoms with Crippen LogP contribution in [0.3, 0.4) is 0 Å². The van der Waals surface area contributed by atoms with Gasteiger partial charge in [0.2, 0.25) is 0 Å². The largest absolute Gasteiger partial charge is 0.315 e. The summed E-state index contributed by atoms with van der Waals surface area (Å²) in [6.45, 7) is 6.60. The van der Waals surface area contributed by atoms with Gasteiger partial charge in [0.15, 0.2) is 0 Å². The summed E-state index contributed by atoms with van der Waals surface area (Å²) in [7, 11) is 0. The molecule has 0 saturated carbocycles. The SMILES string of the molecule is CCCNC(N)C(C)(C)C#N. The van der Waals surface area contributed by atoms with Crippen LogP contribution >= 0.6 is 0 Å². The Balaban J connectivity index is 3.83. The highest BCUT2D eigenvalue weighted by Gasteiger charge is 2.24. The smallest absolute Gasteiger partial charge is 0.0799 e. The first-order valence-electron chi connectivity index (χ1n) is 3.94. The molecule has 1 atom stereocenters. The number of nitrogens with one attached hydrogen (secondary N) is 1. The van der Waals surface area contributed by atoms with Crippen molar-refractivity contribution in [2.24, 2.45) is 11.1 Å². The third-order valence-corrected chi connectivity index (χ3v) is 1.68. The zero-order chi connectivity index (χ0) is 8.91. The summed E-state index contributed by atoms with van der Waals surface area (Å²) in [5.74, 6) is 0. The van der Waals surface area contributed by atoms with Gasteiger partial charge in [-0.1, -0.05) is 6.92 Å². The fourth-order valence-electron chi connectivity index (χ4n) is 0.625. The summed E-state index contributed by atoms with van der Waals surface area (Å²) in [4.78, 5) is 0. The zero-order valence-electron chi connectivity index (χ0n) is 7.52. The summed E-state index contributed by atoms with van der Waals surface area (Å²) >= 11 is 0. The molecule has 0 aliphatic heterocycles.